The molecule has 1 amide bonds. The Hall–Kier alpha value is -0.350. The highest BCUT2D eigenvalue weighted by Gasteiger charge is 2.19. The molecule has 0 radical (unpaired) electrons. The van der Waals surface area contributed by atoms with Crippen molar-refractivity contribution < 1.29 is 4.79 Å². The fourth-order valence-corrected chi connectivity index (χ4v) is 3.04. The van der Waals surface area contributed by atoms with Gasteiger partial charge in [-0.05, 0) is 40.2 Å². The number of carbonyl (C=O) groups is 1. The molecule has 1 aliphatic rings. The van der Waals surface area contributed by atoms with Crippen LogP contribution in [0.3, 0.4) is 0 Å². The molecule has 14 heavy (non-hydrogen) atoms. The average molecular weight is 274 g/mol. The molecule has 4 heteroatoms. The van der Waals surface area contributed by atoms with Gasteiger partial charge in [0.1, 0.15) is 0 Å². The summed E-state index contributed by atoms with van der Waals surface area (Å²) in [6.07, 6.45) is 4.76. The first-order valence-corrected chi connectivity index (χ1v) is 6.48. The van der Waals surface area contributed by atoms with Crippen LogP contribution in [0.2, 0.25) is 0 Å². The minimum atomic E-state index is 0.0602. The third-order valence-corrected chi connectivity index (χ3v) is 4.24. The van der Waals surface area contributed by atoms with Crippen LogP contribution in [-0.2, 0) is 0 Å². The maximum Gasteiger partial charge on any atom is 0.253 e. The Kier molecular flexibility index (Phi) is 3.23. The van der Waals surface area contributed by atoms with Gasteiger partial charge in [0.2, 0.25) is 0 Å². The number of hydrogen-bond acceptors (Lipinski definition) is 2. The zero-order chi connectivity index (χ0) is 9.97. The zero-order valence-corrected chi connectivity index (χ0v) is 10.2. The molecule has 1 aliphatic carbocycles. The highest BCUT2D eigenvalue weighted by Crippen LogP contribution is 2.24. The van der Waals surface area contributed by atoms with Gasteiger partial charge in [-0.1, -0.05) is 12.8 Å². The lowest BCUT2D eigenvalue weighted by Gasteiger charge is -2.10. The molecule has 2 nitrogen and oxygen atoms in total. The fraction of sp³-hybridized carbons (Fsp3) is 0.500. The Labute approximate surface area is 95.8 Å². The molecule has 1 fully saturated rings. The molecule has 2 rings (SSSR count). The fourth-order valence-electron chi connectivity index (χ4n) is 1.79. The Bertz CT molecular complexity index is 331. The second-order valence-electron chi connectivity index (χ2n) is 3.56. The molecule has 1 aromatic rings. The van der Waals surface area contributed by atoms with Crippen molar-refractivity contribution in [2.24, 2.45) is 0 Å². The van der Waals surface area contributed by atoms with Gasteiger partial charge >= 0.3 is 0 Å². The van der Waals surface area contributed by atoms with Crippen molar-refractivity contribution in [3.05, 3.63) is 20.8 Å². The summed E-state index contributed by atoms with van der Waals surface area (Å²) in [6.45, 7) is 0. The summed E-state index contributed by atoms with van der Waals surface area (Å²) in [5.74, 6) is 0.0602. The third kappa shape index (κ3) is 2.17. The molecule has 0 bridgehead atoms. The molecular formula is C10H12BrNOS. The van der Waals surface area contributed by atoms with E-state index in [0.29, 0.717) is 6.04 Å². The second kappa shape index (κ2) is 4.45. The molecule has 0 aliphatic heterocycles. The lowest BCUT2D eigenvalue weighted by Crippen LogP contribution is -2.32. The van der Waals surface area contributed by atoms with Crippen molar-refractivity contribution in [3.8, 4) is 0 Å². The van der Waals surface area contributed by atoms with E-state index < -0.39 is 0 Å². The van der Waals surface area contributed by atoms with Crippen LogP contribution in [0.1, 0.15) is 36.0 Å². The Morgan fingerprint density at radius 2 is 2.21 bits per heavy atom. The minimum absolute atomic E-state index is 0.0602. The molecular weight excluding hydrogens is 262 g/mol. The first-order chi connectivity index (χ1) is 6.77. The normalized spacial score (nSPS) is 17.2. The number of rotatable bonds is 2. The lowest BCUT2D eigenvalue weighted by molar-refractivity contribution is 0.0937. The van der Waals surface area contributed by atoms with Crippen molar-refractivity contribution in [3.63, 3.8) is 0 Å². The van der Waals surface area contributed by atoms with Crippen molar-refractivity contribution in [1.29, 1.82) is 0 Å². The molecule has 1 aromatic heterocycles. The number of hydrogen-bond donors (Lipinski definition) is 1. The predicted molar refractivity (Wildman–Crippen MR) is 61.7 cm³/mol. The Morgan fingerprint density at radius 1 is 1.50 bits per heavy atom. The largest absolute Gasteiger partial charge is 0.349 e. The molecule has 0 atom stereocenters. The molecule has 76 valence electrons. The maximum absolute atomic E-state index is 11.7. The molecule has 1 heterocycles. The van der Waals surface area contributed by atoms with E-state index >= 15 is 0 Å². The summed E-state index contributed by atoms with van der Waals surface area (Å²) in [4.78, 5) is 11.7. The van der Waals surface area contributed by atoms with Gasteiger partial charge in [-0.3, -0.25) is 4.79 Å². The van der Waals surface area contributed by atoms with Gasteiger partial charge in [0.05, 0.1) is 9.35 Å². The van der Waals surface area contributed by atoms with Gasteiger partial charge in [-0.15, -0.1) is 11.3 Å². The smallest absolute Gasteiger partial charge is 0.253 e. The van der Waals surface area contributed by atoms with Gasteiger partial charge in [-0.2, -0.15) is 0 Å². The second-order valence-corrected chi connectivity index (χ2v) is 5.80. The van der Waals surface area contributed by atoms with Crippen LogP contribution in [-0.4, -0.2) is 11.9 Å². The predicted octanol–water partition coefficient (Wildman–Crippen LogP) is 3.18. The quantitative estimate of drug-likeness (QED) is 0.881. The molecule has 0 saturated heterocycles. The monoisotopic (exact) mass is 273 g/mol. The molecule has 1 saturated carbocycles. The van der Waals surface area contributed by atoms with E-state index in [4.69, 9.17) is 0 Å². The lowest BCUT2D eigenvalue weighted by atomic mass is 10.2. The number of thiophene rings is 1. The highest BCUT2D eigenvalue weighted by atomic mass is 79.9. The van der Waals surface area contributed by atoms with E-state index in [-0.39, 0.29) is 5.91 Å². The van der Waals surface area contributed by atoms with Gasteiger partial charge in [0.25, 0.3) is 5.91 Å². The Morgan fingerprint density at radius 3 is 2.79 bits per heavy atom. The third-order valence-electron chi connectivity index (χ3n) is 2.55. The van der Waals surface area contributed by atoms with E-state index in [1.807, 2.05) is 11.4 Å². The van der Waals surface area contributed by atoms with Crippen molar-refractivity contribution in [2.45, 2.75) is 31.7 Å². The first kappa shape index (κ1) is 10.2. The first-order valence-electron chi connectivity index (χ1n) is 4.81. The average Bonchev–Trinajstić information content (AvgIpc) is 2.75. The highest BCUT2D eigenvalue weighted by molar-refractivity contribution is 9.11. The topological polar surface area (TPSA) is 29.1 Å². The summed E-state index contributed by atoms with van der Waals surface area (Å²) in [6, 6.07) is 2.26. The van der Waals surface area contributed by atoms with Gasteiger partial charge in [0, 0.05) is 6.04 Å². The van der Waals surface area contributed by atoms with E-state index in [1.165, 1.54) is 12.8 Å². The summed E-state index contributed by atoms with van der Waals surface area (Å²) >= 11 is 4.92. The summed E-state index contributed by atoms with van der Waals surface area (Å²) in [7, 11) is 0. The number of halogens is 1. The standard InChI is InChI=1S/C10H12BrNOS/c11-9-8(5-6-14-9)10(13)12-7-3-1-2-4-7/h5-7H,1-4H2,(H,12,13). The SMILES string of the molecule is O=C(NC1CCCC1)c1ccsc1Br. The number of carbonyl (C=O) groups excluding carboxylic acids is 1. The van der Waals surface area contributed by atoms with Crippen LogP contribution in [0.4, 0.5) is 0 Å². The van der Waals surface area contributed by atoms with Crippen LogP contribution in [0.15, 0.2) is 15.2 Å². The zero-order valence-electron chi connectivity index (χ0n) is 7.75. The van der Waals surface area contributed by atoms with E-state index in [0.717, 1.165) is 22.2 Å². The van der Waals surface area contributed by atoms with Crippen molar-refractivity contribution >= 4 is 33.2 Å². The van der Waals surface area contributed by atoms with E-state index in [1.54, 1.807) is 11.3 Å². The van der Waals surface area contributed by atoms with Crippen LogP contribution >= 0.6 is 27.3 Å². The molecule has 1 N–H and O–H groups in total. The van der Waals surface area contributed by atoms with Gasteiger partial charge in [-0.25, -0.2) is 0 Å². The minimum Gasteiger partial charge on any atom is -0.349 e. The Balaban J connectivity index is 1.98. The van der Waals surface area contributed by atoms with E-state index in [2.05, 4.69) is 21.2 Å². The molecule has 0 spiro atoms. The number of nitrogens with one attached hydrogen (secondary N) is 1. The summed E-state index contributed by atoms with van der Waals surface area (Å²) in [5, 5.41) is 4.98. The maximum atomic E-state index is 11.7. The van der Waals surface area contributed by atoms with E-state index in [9.17, 15) is 4.79 Å². The van der Waals surface area contributed by atoms with Crippen molar-refractivity contribution in [1.82, 2.24) is 5.32 Å². The van der Waals surface area contributed by atoms with Gasteiger partial charge < -0.3 is 5.32 Å². The van der Waals surface area contributed by atoms with Gasteiger partial charge in [0.15, 0.2) is 0 Å². The van der Waals surface area contributed by atoms with Crippen LogP contribution < -0.4 is 5.32 Å². The van der Waals surface area contributed by atoms with Crippen LogP contribution in [0.25, 0.3) is 0 Å². The number of amides is 1. The van der Waals surface area contributed by atoms with Crippen molar-refractivity contribution in [2.75, 3.05) is 0 Å². The summed E-state index contributed by atoms with van der Waals surface area (Å²) < 4.78 is 0.924. The molecule has 0 unspecified atom stereocenters. The van der Waals surface area contributed by atoms with Crippen LogP contribution in [0.5, 0.6) is 0 Å². The molecule has 0 aromatic carbocycles. The van der Waals surface area contributed by atoms with Crippen LogP contribution in [0, 0.1) is 0 Å². The summed E-state index contributed by atoms with van der Waals surface area (Å²) in [5.41, 5.74) is 0.766.